The third kappa shape index (κ3) is 3.22. The Morgan fingerprint density at radius 2 is 0.800 bits per heavy atom. The minimum absolute atomic E-state index is 0.778. The second-order valence-electron chi connectivity index (χ2n) is 1.80. The first kappa shape index (κ1) is 7.25. The van der Waals surface area contributed by atoms with Crippen LogP contribution in [0.3, 0.4) is 0 Å². The van der Waals surface area contributed by atoms with Crippen LogP contribution in [0.2, 0.25) is 0 Å². The molecule has 1 saturated heterocycles. The Labute approximate surface area is 60.3 Å². The lowest BCUT2D eigenvalue weighted by Crippen LogP contribution is -2.14. The lowest BCUT2D eigenvalue weighted by atomic mass is 10.4. The van der Waals surface area contributed by atoms with Gasteiger partial charge in [-0.25, -0.2) is 9.78 Å². The first-order valence-electron chi connectivity index (χ1n) is 3.24. The average Bonchev–Trinajstić information content (AvgIpc) is 1.88. The van der Waals surface area contributed by atoms with Gasteiger partial charge >= 0.3 is 0 Å². The molecule has 0 N–H and O–H groups in total. The zero-order valence-corrected chi connectivity index (χ0v) is 5.69. The van der Waals surface area contributed by atoms with E-state index in [0.29, 0.717) is 0 Å². The molecule has 0 unspecified atom stereocenters. The number of hydrogen-bond acceptors (Lipinski definition) is 2. The summed E-state index contributed by atoms with van der Waals surface area (Å²) in [5.74, 6) is 0. The van der Waals surface area contributed by atoms with E-state index in [1.807, 2.05) is 36.4 Å². The van der Waals surface area contributed by atoms with Crippen LogP contribution in [-0.4, -0.2) is 13.2 Å². The maximum absolute atomic E-state index is 4.22. The van der Waals surface area contributed by atoms with Gasteiger partial charge in [-0.05, 0) is 0 Å². The summed E-state index contributed by atoms with van der Waals surface area (Å²) in [6, 6.07) is 12.0. The molecular weight excluding hydrogens is 128 g/mol. The lowest BCUT2D eigenvalue weighted by Gasteiger charge is -2.08. The molecule has 54 valence electrons. The molecule has 0 bridgehead atoms. The maximum Gasteiger partial charge on any atom is 0.109 e. The van der Waals surface area contributed by atoms with Gasteiger partial charge in [-0.2, -0.15) is 0 Å². The second kappa shape index (κ2) is 4.97. The summed E-state index contributed by atoms with van der Waals surface area (Å²) >= 11 is 0. The molecule has 0 spiro atoms. The molecule has 0 amide bonds. The van der Waals surface area contributed by atoms with Crippen molar-refractivity contribution >= 4 is 0 Å². The normalized spacial score (nSPS) is 14.4. The van der Waals surface area contributed by atoms with Crippen LogP contribution in [0.5, 0.6) is 0 Å². The Hall–Kier alpha value is -0.860. The van der Waals surface area contributed by atoms with E-state index in [4.69, 9.17) is 0 Å². The first-order valence-corrected chi connectivity index (χ1v) is 3.24. The molecule has 1 aromatic carbocycles. The summed E-state index contributed by atoms with van der Waals surface area (Å²) in [6.07, 6.45) is 0. The van der Waals surface area contributed by atoms with Gasteiger partial charge in [0.25, 0.3) is 0 Å². The van der Waals surface area contributed by atoms with Crippen molar-refractivity contribution in [1.82, 2.24) is 0 Å². The molecule has 0 saturated carbocycles. The molecule has 2 rings (SSSR count). The smallest absolute Gasteiger partial charge is 0.109 e. The molecule has 2 nitrogen and oxygen atoms in total. The molecule has 0 aromatic heterocycles. The van der Waals surface area contributed by atoms with Crippen LogP contribution >= 0.6 is 0 Å². The Morgan fingerprint density at radius 1 is 0.600 bits per heavy atom. The minimum Gasteiger partial charge on any atom is -0.234 e. The van der Waals surface area contributed by atoms with Crippen LogP contribution in [0.1, 0.15) is 0 Å². The molecular formula is C8H10O2. The van der Waals surface area contributed by atoms with Crippen molar-refractivity contribution < 1.29 is 9.78 Å². The number of benzene rings is 1. The van der Waals surface area contributed by atoms with Crippen molar-refractivity contribution in [2.75, 3.05) is 13.2 Å². The van der Waals surface area contributed by atoms with Crippen LogP contribution < -0.4 is 0 Å². The molecule has 1 aliphatic heterocycles. The van der Waals surface area contributed by atoms with E-state index in [1.54, 1.807) is 0 Å². The summed E-state index contributed by atoms with van der Waals surface area (Å²) in [5, 5.41) is 0. The first-order chi connectivity index (χ1) is 5.00. The van der Waals surface area contributed by atoms with E-state index in [9.17, 15) is 0 Å². The van der Waals surface area contributed by atoms with Gasteiger partial charge in [-0.3, -0.25) is 0 Å². The van der Waals surface area contributed by atoms with Gasteiger partial charge in [-0.15, -0.1) is 0 Å². The fourth-order valence-electron chi connectivity index (χ4n) is 0.468. The van der Waals surface area contributed by atoms with Gasteiger partial charge in [0.05, 0.1) is 0 Å². The maximum atomic E-state index is 4.22. The molecule has 1 heterocycles. The quantitative estimate of drug-likeness (QED) is 0.507. The Kier molecular flexibility index (Phi) is 3.60. The lowest BCUT2D eigenvalue weighted by molar-refractivity contribution is -0.382. The molecule has 10 heavy (non-hydrogen) atoms. The summed E-state index contributed by atoms with van der Waals surface area (Å²) in [7, 11) is 0. The molecule has 0 aliphatic carbocycles. The predicted molar refractivity (Wildman–Crippen MR) is 38.3 cm³/mol. The van der Waals surface area contributed by atoms with E-state index in [-0.39, 0.29) is 0 Å². The summed E-state index contributed by atoms with van der Waals surface area (Å²) in [6.45, 7) is 1.56. The van der Waals surface area contributed by atoms with Crippen LogP contribution in [0.4, 0.5) is 0 Å². The van der Waals surface area contributed by atoms with Crippen molar-refractivity contribution in [3.63, 3.8) is 0 Å². The van der Waals surface area contributed by atoms with Gasteiger partial charge in [0.2, 0.25) is 0 Å². The fourth-order valence-corrected chi connectivity index (χ4v) is 0.468. The monoisotopic (exact) mass is 138 g/mol. The predicted octanol–water partition coefficient (Wildman–Crippen LogP) is 1.63. The highest BCUT2D eigenvalue weighted by atomic mass is 17.2. The third-order valence-electron chi connectivity index (χ3n) is 1.00. The van der Waals surface area contributed by atoms with Crippen molar-refractivity contribution in [2.24, 2.45) is 0 Å². The topological polar surface area (TPSA) is 18.5 Å². The zero-order chi connectivity index (χ0) is 7.07. The van der Waals surface area contributed by atoms with E-state index < -0.39 is 0 Å². The molecule has 1 aromatic rings. The van der Waals surface area contributed by atoms with Crippen molar-refractivity contribution in [2.45, 2.75) is 0 Å². The minimum atomic E-state index is 0.778. The van der Waals surface area contributed by atoms with E-state index in [1.165, 1.54) is 0 Å². The molecule has 0 radical (unpaired) electrons. The van der Waals surface area contributed by atoms with Crippen molar-refractivity contribution in [3.05, 3.63) is 36.4 Å². The van der Waals surface area contributed by atoms with Gasteiger partial charge in [0, 0.05) is 0 Å². The van der Waals surface area contributed by atoms with E-state index in [2.05, 4.69) is 9.78 Å². The van der Waals surface area contributed by atoms with E-state index in [0.717, 1.165) is 13.2 Å². The largest absolute Gasteiger partial charge is 0.234 e. The van der Waals surface area contributed by atoms with Gasteiger partial charge < -0.3 is 0 Å². The number of rotatable bonds is 0. The van der Waals surface area contributed by atoms with Gasteiger partial charge in [0.1, 0.15) is 13.2 Å². The Bertz CT molecular complexity index is 116. The number of hydrogen-bond donors (Lipinski definition) is 0. The zero-order valence-electron chi connectivity index (χ0n) is 5.69. The third-order valence-corrected chi connectivity index (χ3v) is 1.00. The SMILES string of the molecule is C1COO1.c1ccccc1. The van der Waals surface area contributed by atoms with Crippen molar-refractivity contribution in [1.29, 1.82) is 0 Å². The highest BCUT2D eigenvalue weighted by Gasteiger charge is 1.95. The molecule has 1 aliphatic rings. The van der Waals surface area contributed by atoms with Gasteiger partial charge in [-0.1, -0.05) is 36.4 Å². The molecule has 1 fully saturated rings. The summed E-state index contributed by atoms with van der Waals surface area (Å²) in [4.78, 5) is 8.44. The van der Waals surface area contributed by atoms with Crippen LogP contribution in [0, 0.1) is 0 Å². The van der Waals surface area contributed by atoms with Crippen LogP contribution in [0.15, 0.2) is 36.4 Å². The fraction of sp³-hybridized carbons (Fsp3) is 0.250. The average molecular weight is 138 g/mol. The highest BCUT2D eigenvalue weighted by molar-refractivity contribution is 4.99. The highest BCUT2D eigenvalue weighted by Crippen LogP contribution is 1.87. The van der Waals surface area contributed by atoms with Crippen LogP contribution in [-0.2, 0) is 9.78 Å². The summed E-state index contributed by atoms with van der Waals surface area (Å²) in [5.41, 5.74) is 0. The Balaban J connectivity index is 0.000000108. The second-order valence-corrected chi connectivity index (χ2v) is 1.80. The summed E-state index contributed by atoms with van der Waals surface area (Å²) < 4.78 is 0. The van der Waals surface area contributed by atoms with Crippen molar-refractivity contribution in [3.8, 4) is 0 Å². The molecule has 0 atom stereocenters. The van der Waals surface area contributed by atoms with Gasteiger partial charge in [0.15, 0.2) is 0 Å². The van der Waals surface area contributed by atoms with Crippen LogP contribution in [0.25, 0.3) is 0 Å². The Morgan fingerprint density at radius 3 is 0.900 bits per heavy atom. The standard InChI is InChI=1S/C6H6.C2H4O2/c1-2-4-6-5-3-1;1-2-4-3-1/h1-6H;1-2H2. The molecule has 2 heteroatoms. The van der Waals surface area contributed by atoms with E-state index >= 15 is 0 Å².